The zero-order valence-electron chi connectivity index (χ0n) is 10.9. The summed E-state index contributed by atoms with van der Waals surface area (Å²) in [6.07, 6.45) is 0. The van der Waals surface area contributed by atoms with Gasteiger partial charge in [0.2, 0.25) is 0 Å². The van der Waals surface area contributed by atoms with Gasteiger partial charge in [0.05, 0.1) is 11.0 Å². The van der Waals surface area contributed by atoms with Gasteiger partial charge in [-0.3, -0.25) is 4.57 Å². The summed E-state index contributed by atoms with van der Waals surface area (Å²) in [7, 11) is 0. The van der Waals surface area contributed by atoms with E-state index >= 15 is 0 Å². The van der Waals surface area contributed by atoms with E-state index in [1.54, 1.807) is 0 Å². The lowest BCUT2D eigenvalue weighted by Gasteiger charge is -2.07. The van der Waals surface area contributed by atoms with Crippen LogP contribution in [0.2, 0.25) is 0 Å². The van der Waals surface area contributed by atoms with Gasteiger partial charge in [0.15, 0.2) is 0 Å². The van der Waals surface area contributed by atoms with E-state index in [2.05, 4.69) is 72.8 Å². The van der Waals surface area contributed by atoms with Crippen molar-refractivity contribution in [2.45, 2.75) is 20.8 Å². The van der Waals surface area contributed by atoms with E-state index in [-0.39, 0.29) is 0 Å². The highest BCUT2D eigenvalue weighted by atomic mass is 15.1. The number of aromatic nitrogens is 2. The molecule has 3 rings (SSSR count). The molecule has 90 valence electrons. The van der Waals surface area contributed by atoms with E-state index < -0.39 is 0 Å². The molecule has 3 aromatic rings. The van der Waals surface area contributed by atoms with E-state index in [0.29, 0.717) is 0 Å². The normalized spacial score (nSPS) is 11.1. The van der Waals surface area contributed by atoms with Gasteiger partial charge in [-0.1, -0.05) is 23.8 Å². The van der Waals surface area contributed by atoms with Gasteiger partial charge in [-0.05, 0) is 50.6 Å². The SMILES string of the molecule is Cc1ccc(-n2c(C)nc3ccc(C)cc32)cc1. The van der Waals surface area contributed by atoms with E-state index in [0.717, 1.165) is 11.3 Å². The van der Waals surface area contributed by atoms with Crippen molar-refractivity contribution in [2.24, 2.45) is 0 Å². The molecule has 0 atom stereocenters. The number of imidazole rings is 1. The largest absolute Gasteiger partial charge is 0.297 e. The summed E-state index contributed by atoms with van der Waals surface area (Å²) in [5.74, 6) is 1.03. The van der Waals surface area contributed by atoms with E-state index in [1.807, 2.05) is 0 Å². The first-order valence-electron chi connectivity index (χ1n) is 6.18. The van der Waals surface area contributed by atoms with Gasteiger partial charge in [0, 0.05) is 5.69 Å². The van der Waals surface area contributed by atoms with E-state index in [1.165, 1.54) is 22.3 Å². The van der Waals surface area contributed by atoms with Crippen LogP contribution < -0.4 is 0 Å². The predicted octanol–water partition coefficient (Wildman–Crippen LogP) is 3.95. The van der Waals surface area contributed by atoms with Crippen LogP contribution in [0.3, 0.4) is 0 Å². The van der Waals surface area contributed by atoms with Crippen molar-refractivity contribution >= 4 is 11.0 Å². The van der Waals surface area contributed by atoms with Crippen molar-refractivity contribution in [1.29, 1.82) is 0 Å². The summed E-state index contributed by atoms with van der Waals surface area (Å²) in [5, 5.41) is 0. The molecule has 0 amide bonds. The lowest BCUT2D eigenvalue weighted by molar-refractivity contribution is 0.999. The number of hydrogen-bond donors (Lipinski definition) is 0. The molecule has 0 unspecified atom stereocenters. The lowest BCUT2D eigenvalue weighted by Crippen LogP contribution is -1.96. The highest BCUT2D eigenvalue weighted by Gasteiger charge is 2.08. The Morgan fingerprint density at radius 1 is 0.833 bits per heavy atom. The van der Waals surface area contributed by atoms with Gasteiger partial charge in [0.25, 0.3) is 0 Å². The Bertz CT molecular complexity index is 706. The van der Waals surface area contributed by atoms with Gasteiger partial charge in [-0.25, -0.2) is 4.98 Å². The van der Waals surface area contributed by atoms with Gasteiger partial charge >= 0.3 is 0 Å². The highest BCUT2D eigenvalue weighted by molar-refractivity contribution is 5.79. The lowest BCUT2D eigenvalue weighted by atomic mass is 10.2. The number of hydrogen-bond acceptors (Lipinski definition) is 1. The minimum atomic E-state index is 1.03. The highest BCUT2D eigenvalue weighted by Crippen LogP contribution is 2.22. The van der Waals surface area contributed by atoms with Crippen LogP contribution in [-0.2, 0) is 0 Å². The number of fused-ring (bicyclic) bond motifs is 1. The molecule has 0 saturated heterocycles. The molecular formula is C16H16N2. The fraction of sp³-hybridized carbons (Fsp3) is 0.188. The Morgan fingerprint density at radius 3 is 2.22 bits per heavy atom. The molecule has 1 aromatic heterocycles. The van der Waals surface area contributed by atoms with Crippen molar-refractivity contribution in [3.63, 3.8) is 0 Å². The van der Waals surface area contributed by atoms with Crippen LogP contribution in [0.1, 0.15) is 17.0 Å². The number of rotatable bonds is 1. The number of nitrogens with zero attached hydrogens (tertiary/aromatic N) is 2. The first-order valence-corrected chi connectivity index (χ1v) is 6.18. The van der Waals surface area contributed by atoms with Crippen LogP contribution >= 0.6 is 0 Å². The number of benzene rings is 2. The molecular weight excluding hydrogens is 220 g/mol. The molecule has 2 heteroatoms. The third kappa shape index (κ3) is 1.70. The van der Waals surface area contributed by atoms with E-state index in [4.69, 9.17) is 0 Å². The molecule has 0 aliphatic rings. The fourth-order valence-electron chi connectivity index (χ4n) is 2.33. The maximum atomic E-state index is 4.62. The summed E-state index contributed by atoms with van der Waals surface area (Å²) in [6.45, 7) is 6.27. The third-order valence-electron chi connectivity index (χ3n) is 3.27. The quantitative estimate of drug-likeness (QED) is 0.625. The molecule has 0 fully saturated rings. The molecule has 0 N–H and O–H groups in total. The fourth-order valence-corrected chi connectivity index (χ4v) is 2.33. The summed E-state index contributed by atoms with van der Waals surface area (Å²) < 4.78 is 2.21. The first-order chi connectivity index (χ1) is 8.65. The predicted molar refractivity (Wildman–Crippen MR) is 75.3 cm³/mol. The average Bonchev–Trinajstić information content (AvgIpc) is 2.66. The molecule has 1 heterocycles. The van der Waals surface area contributed by atoms with Crippen LogP contribution in [0, 0.1) is 20.8 Å². The second-order valence-corrected chi connectivity index (χ2v) is 4.82. The Labute approximate surface area is 107 Å². The zero-order valence-corrected chi connectivity index (χ0v) is 10.9. The summed E-state index contributed by atoms with van der Waals surface area (Å²) >= 11 is 0. The Balaban J connectivity index is 2.30. The minimum Gasteiger partial charge on any atom is -0.297 e. The summed E-state index contributed by atoms with van der Waals surface area (Å²) in [5.41, 5.74) is 5.94. The first kappa shape index (κ1) is 11.0. The van der Waals surface area contributed by atoms with Gasteiger partial charge in [-0.15, -0.1) is 0 Å². The van der Waals surface area contributed by atoms with Crippen LogP contribution in [0.4, 0.5) is 0 Å². The van der Waals surface area contributed by atoms with Crippen molar-refractivity contribution in [2.75, 3.05) is 0 Å². The number of aryl methyl sites for hydroxylation is 3. The Hall–Kier alpha value is -2.09. The maximum absolute atomic E-state index is 4.62. The second kappa shape index (κ2) is 3.98. The second-order valence-electron chi connectivity index (χ2n) is 4.82. The van der Waals surface area contributed by atoms with Crippen LogP contribution in [-0.4, -0.2) is 9.55 Å². The van der Waals surface area contributed by atoms with Crippen molar-refractivity contribution in [1.82, 2.24) is 9.55 Å². The molecule has 2 aromatic carbocycles. The van der Waals surface area contributed by atoms with Gasteiger partial charge < -0.3 is 0 Å². The maximum Gasteiger partial charge on any atom is 0.111 e. The van der Waals surface area contributed by atoms with Crippen molar-refractivity contribution in [3.8, 4) is 5.69 Å². The molecule has 0 aliphatic heterocycles. The van der Waals surface area contributed by atoms with Crippen LogP contribution in [0.15, 0.2) is 42.5 Å². The Kier molecular flexibility index (Phi) is 2.44. The minimum absolute atomic E-state index is 1.03. The molecule has 18 heavy (non-hydrogen) atoms. The molecule has 0 radical (unpaired) electrons. The van der Waals surface area contributed by atoms with Crippen LogP contribution in [0.25, 0.3) is 16.7 Å². The van der Waals surface area contributed by atoms with Gasteiger partial charge in [-0.2, -0.15) is 0 Å². The molecule has 0 spiro atoms. The Morgan fingerprint density at radius 2 is 1.50 bits per heavy atom. The molecule has 2 nitrogen and oxygen atoms in total. The molecule has 0 bridgehead atoms. The average molecular weight is 236 g/mol. The standard InChI is InChI=1S/C16H16N2/c1-11-4-7-14(8-5-11)18-13(3)17-15-9-6-12(2)10-16(15)18/h4-10H,1-3H3. The summed E-state index contributed by atoms with van der Waals surface area (Å²) in [4.78, 5) is 4.62. The zero-order chi connectivity index (χ0) is 12.7. The molecule has 0 saturated carbocycles. The van der Waals surface area contributed by atoms with Crippen LogP contribution in [0.5, 0.6) is 0 Å². The third-order valence-corrected chi connectivity index (χ3v) is 3.27. The smallest absolute Gasteiger partial charge is 0.111 e. The summed E-state index contributed by atoms with van der Waals surface area (Å²) in [6, 6.07) is 14.9. The topological polar surface area (TPSA) is 17.8 Å². The van der Waals surface area contributed by atoms with Crippen molar-refractivity contribution in [3.05, 3.63) is 59.4 Å². The van der Waals surface area contributed by atoms with Gasteiger partial charge in [0.1, 0.15) is 5.82 Å². The van der Waals surface area contributed by atoms with Crippen molar-refractivity contribution < 1.29 is 0 Å². The molecule has 0 aliphatic carbocycles. The van der Waals surface area contributed by atoms with E-state index in [9.17, 15) is 0 Å². The monoisotopic (exact) mass is 236 g/mol.